The molecule has 3 heteroatoms. The summed E-state index contributed by atoms with van der Waals surface area (Å²) >= 11 is 5.95. The van der Waals surface area contributed by atoms with Crippen molar-refractivity contribution in [3.63, 3.8) is 0 Å². The Hall–Kier alpha value is -1.24. The average Bonchev–Trinajstić information content (AvgIpc) is 2.17. The van der Waals surface area contributed by atoms with Crippen LogP contribution in [0.25, 0.3) is 5.57 Å². The highest BCUT2D eigenvalue weighted by Gasteiger charge is 2.06. The van der Waals surface area contributed by atoms with Crippen molar-refractivity contribution in [1.82, 2.24) is 4.98 Å². The zero-order chi connectivity index (χ0) is 10.6. The van der Waals surface area contributed by atoms with Gasteiger partial charge in [-0.15, -0.1) is 5.73 Å². The summed E-state index contributed by atoms with van der Waals surface area (Å²) in [6, 6.07) is 1.92. The molecular formula is C11H13ClN2. The Balaban J connectivity index is 3.34. The minimum absolute atomic E-state index is 0.488. The van der Waals surface area contributed by atoms with Gasteiger partial charge in [0.05, 0.1) is 5.69 Å². The number of aromatic nitrogens is 1. The molecule has 1 N–H and O–H groups in total. The van der Waals surface area contributed by atoms with Crippen molar-refractivity contribution in [1.29, 1.82) is 0 Å². The molecule has 0 fully saturated rings. The fourth-order valence-electron chi connectivity index (χ4n) is 1.28. The highest BCUT2D eigenvalue weighted by atomic mass is 35.5. The highest BCUT2D eigenvalue weighted by Crippen LogP contribution is 2.27. The lowest BCUT2D eigenvalue weighted by molar-refractivity contribution is 1.29. The SMILES string of the molecule is CC=C=C(C)c1ccnc(Cl)c1NC. The number of halogens is 1. The number of hydrogen-bond donors (Lipinski definition) is 1. The van der Waals surface area contributed by atoms with E-state index in [4.69, 9.17) is 11.6 Å². The van der Waals surface area contributed by atoms with Crippen molar-refractivity contribution < 1.29 is 0 Å². The van der Waals surface area contributed by atoms with Gasteiger partial charge in [0.15, 0.2) is 5.15 Å². The molecule has 2 nitrogen and oxygen atoms in total. The smallest absolute Gasteiger partial charge is 0.152 e. The third-order valence-corrected chi connectivity index (χ3v) is 2.21. The Labute approximate surface area is 89.3 Å². The third kappa shape index (κ3) is 2.16. The molecule has 1 rings (SSSR count). The number of hydrogen-bond acceptors (Lipinski definition) is 2. The highest BCUT2D eigenvalue weighted by molar-refractivity contribution is 6.32. The molecule has 0 bridgehead atoms. The standard InChI is InChI=1S/C11H13ClN2/c1-4-5-8(2)9-6-7-14-11(12)10(9)13-3/h4,6-7,13H,1-3H3. The molecule has 0 aliphatic heterocycles. The van der Waals surface area contributed by atoms with Gasteiger partial charge in [-0.25, -0.2) is 4.98 Å². The van der Waals surface area contributed by atoms with E-state index < -0.39 is 0 Å². The molecule has 1 aromatic heterocycles. The van der Waals surface area contributed by atoms with Crippen LogP contribution in [0.4, 0.5) is 5.69 Å². The number of nitrogens with zero attached hydrogens (tertiary/aromatic N) is 1. The van der Waals surface area contributed by atoms with Gasteiger partial charge in [0, 0.05) is 18.8 Å². The summed E-state index contributed by atoms with van der Waals surface area (Å²) in [6.45, 7) is 3.93. The first-order valence-electron chi connectivity index (χ1n) is 4.41. The van der Waals surface area contributed by atoms with E-state index in [9.17, 15) is 0 Å². The molecular weight excluding hydrogens is 196 g/mol. The summed E-state index contributed by atoms with van der Waals surface area (Å²) in [5.41, 5.74) is 6.05. The summed E-state index contributed by atoms with van der Waals surface area (Å²) in [5.74, 6) is 0. The zero-order valence-electron chi connectivity index (χ0n) is 8.56. The van der Waals surface area contributed by atoms with E-state index in [-0.39, 0.29) is 0 Å². The van der Waals surface area contributed by atoms with Crippen LogP contribution in [-0.2, 0) is 0 Å². The molecule has 0 aromatic carbocycles. The first kappa shape index (κ1) is 10.8. The summed E-state index contributed by atoms with van der Waals surface area (Å²) in [7, 11) is 1.83. The average molecular weight is 209 g/mol. The lowest BCUT2D eigenvalue weighted by Gasteiger charge is -2.08. The van der Waals surface area contributed by atoms with E-state index in [1.165, 1.54) is 0 Å². The van der Waals surface area contributed by atoms with E-state index in [2.05, 4.69) is 16.0 Å². The van der Waals surface area contributed by atoms with Crippen LogP contribution in [-0.4, -0.2) is 12.0 Å². The quantitative estimate of drug-likeness (QED) is 0.596. The van der Waals surface area contributed by atoms with Crippen LogP contribution in [0.3, 0.4) is 0 Å². The molecule has 0 unspecified atom stereocenters. The molecule has 1 aromatic rings. The van der Waals surface area contributed by atoms with Gasteiger partial charge < -0.3 is 5.32 Å². The molecule has 14 heavy (non-hydrogen) atoms. The van der Waals surface area contributed by atoms with Crippen LogP contribution in [0.5, 0.6) is 0 Å². The third-order valence-electron chi connectivity index (χ3n) is 1.92. The van der Waals surface area contributed by atoms with Crippen LogP contribution in [0, 0.1) is 0 Å². The summed E-state index contributed by atoms with van der Waals surface area (Å²) in [4.78, 5) is 4.00. The van der Waals surface area contributed by atoms with Crippen molar-refractivity contribution in [2.45, 2.75) is 13.8 Å². The van der Waals surface area contributed by atoms with Crippen molar-refractivity contribution >= 4 is 22.9 Å². The molecule has 0 atom stereocenters. The number of nitrogens with one attached hydrogen (secondary N) is 1. The van der Waals surface area contributed by atoms with Crippen LogP contribution in [0.1, 0.15) is 19.4 Å². The number of rotatable bonds is 2. The molecule has 0 saturated carbocycles. The van der Waals surface area contributed by atoms with Crippen LogP contribution in [0.15, 0.2) is 24.1 Å². The van der Waals surface area contributed by atoms with Crippen LogP contribution in [0.2, 0.25) is 5.15 Å². The Morgan fingerprint density at radius 3 is 2.93 bits per heavy atom. The van der Waals surface area contributed by atoms with E-state index in [0.717, 1.165) is 16.8 Å². The normalized spacial score (nSPS) is 9.14. The number of anilines is 1. The maximum atomic E-state index is 5.95. The summed E-state index contributed by atoms with van der Waals surface area (Å²) < 4.78 is 0. The first-order valence-corrected chi connectivity index (χ1v) is 4.79. The predicted molar refractivity (Wildman–Crippen MR) is 61.6 cm³/mol. The van der Waals surface area contributed by atoms with Crippen molar-refractivity contribution in [2.75, 3.05) is 12.4 Å². The molecule has 0 aliphatic rings. The number of allylic oxidation sites excluding steroid dienone is 1. The second kappa shape index (κ2) is 4.85. The Morgan fingerprint density at radius 2 is 2.36 bits per heavy atom. The Bertz CT molecular complexity index is 390. The summed E-state index contributed by atoms with van der Waals surface area (Å²) in [6.07, 6.45) is 3.57. The minimum atomic E-state index is 0.488. The largest absolute Gasteiger partial charge is 0.385 e. The van der Waals surface area contributed by atoms with E-state index in [1.807, 2.05) is 33.0 Å². The monoisotopic (exact) mass is 208 g/mol. The second-order valence-electron chi connectivity index (χ2n) is 2.83. The fourth-order valence-corrected chi connectivity index (χ4v) is 1.53. The van der Waals surface area contributed by atoms with Crippen molar-refractivity contribution in [3.8, 4) is 0 Å². The van der Waals surface area contributed by atoms with Crippen LogP contribution >= 0.6 is 11.6 Å². The number of pyridine rings is 1. The van der Waals surface area contributed by atoms with E-state index in [0.29, 0.717) is 5.15 Å². The van der Waals surface area contributed by atoms with E-state index >= 15 is 0 Å². The lowest BCUT2D eigenvalue weighted by Crippen LogP contribution is -1.96. The molecule has 0 spiro atoms. The molecule has 0 saturated heterocycles. The van der Waals surface area contributed by atoms with Gasteiger partial charge >= 0.3 is 0 Å². The van der Waals surface area contributed by atoms with Gasteiger partial charge in [-0.3, -0.25) is 0 Å². The van der Waals surface area contributed by atoms with Crippen LogP contribution < -0.4 is 5.32 Å². The molecule has 1 heterocycles. The minimum Gasteiger partial charge on any atom is -0.385 e. The maximum absolute atomic E-state index is 5.95. The van der Waals surface area contributed by atoms with Gasteiger partial charge in [0.2, 0.25) is 0 Å². The Kier molecular flexibility index (Phi) is 3.75. The van der Waals surface area contributed by atoms with Gasteiger partial charge in [-0.1, -0.05) is 11.6 Å². The molecule has 74 valence electrons. The van der Waals surface area contributed by atoms with Gasteiger partial charge in [0.1, 0.15) is 0 Å². The maximum Gasteiger partial charge on any atom is 0.152 e. The Morgan fingerprint density at radius 1 is 1.64 bits per heavy atom. The van der Waals surface area contributed by atoms with Crippen molar-refractivity contribution in [3.05, 3.63) is 34.8 Å². The zero-order valence-corrected chi connectivity index (χ0v) is 9.31. The lowest BCUT2D eigenvalue weighted by atomic mass is 10.1. The van der Waals surface area contributed by atoms with E-state index in [1.54, 1.807) is 6.20 Å². The topological polar surface area (TPSA) is 24.9 Å². The molecule has 0 radical (unpaired) electrons. The van der Waals surface area contributed by atoms with Crippen molar-refractivity contribution in [2.24, 2.45) is 0 Å². The van der Waals surface area contributed by atoms with Gasteiger partial charge in [-0.2, -0.15) is 0 Å². The fraction of sp³-hybridized carbons (Fsp3) is 0.273. The van der Waals surface area contributed by atoms with Gasteiger partial charge in [0.25, 0.3) is 0 Å². The molecule has 0 amide bonds. The first-order chi connectivity index (χ1) is 6.70. The summed E-state index contributed by atoms with van der Waals surface area (Å²) in [5, 5.41) is 3.52. The predicted octanol–water partition coefficient (Wildman–Crippen LogP) is 3.36. The second-order valence-corrected chi connectivity index (χ2v) is 3.19. The van der Waals surface area contributed by atoms with Gasteiger partial charge in [-0.05, 0) is 31.6 Å². The molecule has 0 aliphatic carbocycles.